The Morgan fingerprint density at radius 3 is 2.68 bits per heavy atom. The Bertz CT molecular complexity index is 1360. The van der Waals surface area contributed by atoms with Gasteiger partial charge in [-0.1, -0.05) is 35.6 Å². The number of hydrogen-bond acceptors (Lipinski definition) is 4. The molecule has 0 unspecified atom stereocenters. The van der Waals surface area contributed by atoms with E-state index in [0.29, 0.717) is 17.1 Å². The molecule has 6 nitrogen and oxygen atoms in total. The van der Waals surface area contributed by atoms with Gasteiger partial charge in [-0.25, -0.2) is 9.97 Å². The lowest BCUT2D eigenvalue weighted by atomic mass is 10.1. The van der Waals surface area contributed by atoms with E-state index in [-0.39, 0.29) is 5.91 Å². The molecule has 0 aliphatic rings. The number of hydrogen-bond donors (Lipinski definition) is 2. The third kappa shape index (κ3) is 4.12. The number of nitrogen functional groups attached to an aromatic ring is 1. The fourth-order valence-electron chi connectivity index (χ4n) is 3.44. The number of fused-ring (bicyclic) bond motifs is 1. The van der Waals surface area contributed by atoms with Gasteiger partial charge in [0, 0.05) is 29.6 Å². The second-order valence-corrected chi connectivity index (χ2v) is 7.39. The molecule has 0 aliphatic carbocycles. The van der Waals surface area contributed by atoms with Crippen molar-refractivity contribution in [2.45, 2.75) is 27.3 Å². The number of anilines is 2. The van der Waals surface area contributed by atoms with Crippen LogP contribution in [-0.2, 0) is 6.54 Å². The number of carbonyl (C=O) groups is 1. The van der Waals surface area contributed by atoms with Crippen LogP contribution in [0.3, 0.4) is 0 Å². The topological polar surface area (TPSA) is 85.8 Å². The first-order valence-corrected chi connectivity index (χ1v) is 10.1. The summed E-state index contributed by atoms with van der Waals surface area (Å²) in [5, 5.41) is 3.71. The highest BCUT2D eigenvalue weighted by Crippen LogP contribution is 2.23. The first-order chi connectivity index (χ1) is 15.0. The van der Waals surface area contributed by atoms with E-state index in [1.165, 1.54) is 6.33 Å². The molecule has 4 aromatic rings. The largest absolute Gasteiger partial charge is 0.383 e. The van der Waals surface area contributed by atoms with Crippen molar-refractivity contribution in [2.24, 2.45) is 0 Å². The highest BCUT2D eigenvalue weighted by molar-refractivity contribution is 6.04. The number of amides is 1. The Morgan fingerprint density at radius 2 is 1.90 bits per heavy atom. The first kappa shape index (κ1) is 20.2. The minimum Gasteiger partial charge on any atom is -0.383 e. The molecule has 0 fully saturated rings. The summed E-state index contributed by atoms with van der Waals surface area (Å²) in [6.45, 7) is 6.75. The quantitative estimate of drug-likeness (QED) is 0.494. The average Bonchev–Trinajstić information content (AvgIpc) is 3.13. The maximum atomic E-state index is 12.6. The molecular weight excluding hydrogens is 386 g/mol. The van der Waals surface area contributed by atoms with E-state index in [1.807, 2.05) is 67.9 Å². The van der Waals surface area contributed by atoms with Crippen molar-refractivity contribution in [3.8, 4) is 11.8 Å². The van der Waals surface area contributed by atoms with Crippen LogP contribution < -0.4 is 11.1 Å². The van der Waals surface area contributed by atoms with E-state index >= 15 is 0 Å². The van der Waals surface area contributed by atoms with Crippen LogP contribution in [0, 0.1) is 25.7 Å². The van der Waals surface area contributed by atoms with Crippen molar-refractivity contribution in [1.82, 2.24) is 14.5 Å². The highest BCUT2D eigenvalue weighted by Gasteiger charge is 2.11. The van der Waals surface area contributed by atoms with E-state index in [2.05, 4.69) is 27.1 Å². The van der Waals surface area contributed by atoms with Gasteiger partial charge in [-0.3, -0.25) is 4.79 Å². The van der Waals surface area contributed by atoms with Crippen molar-refractivity contribution >= 4 is 28.4 Å². The van der Waals surface area contributed by atoms with Gasteiger partial charge in [-0.2, -0.15) is 0 Å². The highest BCUT2D eigenvalue weighted by atomic mass is 16.1. The molecule has 6 heteroatoms. The van der Waals surface area contributed by atoms with E-state index in [4.69, 9.17) is 5.73 Å². The summed E-state index contributed by atoms with van der Waals surface area (Å²) < 4.78 is 2.00. The van der Waals surface area contributed by atoms with Gasteiger partial charge in [0.1, 0.15) is 17.8 Å². The van der Waals surface area contributed by atoms with Gasteiger partial charge in [0.15, 0.2) is 0 Å². The molecule has 3 N–H and O–H groups in total. The molecule has 2 aromatic carbocycles. The molecule has 1 amide bonds. The van der Waals surface area contributed by atoms with Crippen LogP contribution in [0.5, 0.6) is 0 Å². The van der Waals surface area contributed by atoms with Crippen molar-refractivity contribution in [3.63, 3.8) is 0 Å². The molecule has 2 aromatic heterocycles. The van der Waals surface area contributed by atoms with Crippen LogP contribution in [-0.4, -0.2) is 20.4 Å². The predicted molar refractivity (Wildman–Crippen MR) is 124 cm³/mol. The lowest BCUT2D eigenvalue weighted by molar-refractivity contribution is 0.102. The van der Waals surface area contributed by atoms with Gasteiger partial charge in [-0.15, -0.1) is 0 Å². The fourth-order valence-corrected chi connectivity index (χ4v) is 3.44. The molecule has 4 rings (SSSR count). The summed E-state index contributed by atoms with van der Waals surface area (Å²) in [7, 11) is 0. The number of carbonyl (C=O) groups excluding carboxylic acids is 1. The maximum Gasteiger partial charge on any atom is 0.255 e. The molecule has 0 saturated carbocycles. The summed E-state index contributed by atoms with van der Waals surface area (Å²) in [6, 6.07) is 13.2. The number of aromatic nitrogens is 3. The molecule has 0 bridgehead atoms. The molecule has 0 radical (unpaired) electrons. The van der Waals surface area contributed by atoms with E-state index in [9.17, 15) is 4.79 Å². The minimum absolute atomic E-state index is 0.151. The summed E-state index contributed by atoms with van der Waals surface area (Å²) >= 11 is 0. The third-order valence-electron chi connectivity index (χ3n) is 5.13. The maximum absolute atomic E-state index is 12.6. The second kappa shape index (κ2) is 8.33. The van der Waals surface area contributed by atoms with Crippen LogP contribution in [0.2, 0.25) is 0 Å². The van der Waals surface area contributed by atoms with Gasteiger partial charge in [0.25, 0.3) is 5.91 Å². The number of nitrogens with one attached hydrogen (secondary N) is 1. The van der Waals surface area contributed by atoms with E-state index in [0.717, 1.165) is 39.8 Å². The molecule has 0 saturated heterocycles. The molecule has 31 heavy (non-hydrogen) atoms. The van der Waals surface area contributed by atoms with Crippen LogP contribution in [0.4, 0.5) is 11.5 Å². The van der Waals surface area contributed by atoms with Gasteiger partial charge in [0.05, 0.1) is 10.9 Å². The monoisotopic (exact) mass is 409 g/mol. The number of aryl methyl sites for hydroxylation is 3. The number of nitrogens with two attached hydrogens (primary N) is 1. The van der Waals surface area contributed by atoms with Gasteiger partial charge in [0.2, 0.25) is 0 Å². The summed E-state index contributed by atoms with van der Waals surface area (Å²) in [6.07, 6.45) is 3.41. The van der Waals surface area contributed by atoms with E-state index < -0.39 is 0 Å². The Balaban J connectivity index is 1.66. The predicted octanol–water partition coefficient (Wildman–Crippen LogP) is 4.30. The summed E-state index contributed by atoms with van der Waals surface area (Å²) in [5.74, 6) is 6.70. The number of nitrogens with zero attached hydrogens (tertiary/aromatic N) is 3. The lowest BCUT2D eigenvalue weighted by Gasteiger charge is -2.08. The van der Waals surface area contributed by atoms with Gasteiger partial charge in [-0.05, 0) is 50.6 Å². The zero-order chi connectivity index (χ0) is 22.0. The van der Waals surface area contributed by atoms with Crippen molar-refractivity contribution in [1.29, 1.82) is 0 Å². The van der Waals surface area contributed by atoms with Crippen molar-refractivity contribution < 1.29 is 4.79 Å². The summed E-state index contributed by atoms with van der Waals surface area (Å²) in [5.41, 5.74) is 11.8. The van der Waals surface area contributed by atoms with Gasteiger partial charge < -0.3 is 15.6 Å². The smallest absolute Gasteiger partial charge is 0.255 e. The third-order valence-corrected chi connectivity index (χ3v) is 5.13. The van der Waals surface area contributed by atoms with Crippen molar-refractivity contribution in [3.05, 3.63) is 82.8 Å². The van der Waals surface area contributed by atoms with E-state index in [1.54, 1.807) is 6.07 Å². The Morgan fingerprint density at radius 1 is 1.10 bits per heavy atom. The standard InChI is InChI=1S/C25H23N5O/c1-4-30-14-20(22-23(26)27-15-28-24(22)30)10-9-18-13-21(11-8-17(18)3)29-25(31)19-7-5-6-16(2)12-19/h5-8,11-15H,4H2,1-3H3,(H,29,31)(H2,26,27,28). The Labute approximate surface area is 181 Å². The molecule has 2 heterocycles. The Kier molecular flexibility index (Phi) is 5.42. The molecular formula is C25H23N5O. The van der Waals surface area contributed by atoms with Crippen LogP contribution in [0.15, 0.2) is 55.0 Å². The molecule has 0 aliphatic heterocycles. The summed E-state index contributed by atoms with van der Waals surface area (Å²) in [4.78, 5) is 21.0. The number of rotatable bonds is 3. The molecule has 0 spiro atoms. The normalized spacial score (nSPS) is 10.5. The Hall–Kier alpha value is -4.11. The number of benzene rings is 2. The van der Waals surface area contributed by atoms with Crippen LogP contribution >= 0.6 is 0 Å². The minimum atomic E-state index is -0.151. The molecule has 154 valence electrons. The fraction of sp³-hybridized carbons (Fsp3) is 0.160. The van der Waals surface area contributed by atoms with Crippen LogP contribution in [0.1, 0.15) is 39.5 Å². The van der Waals surface area contributed by atoms with Gasteiger partial charge >= 0.3 is 0 Å². The zero-order valence-electron chi connectivity index (χ0n) is 17.7. The first-order valence-electron chi connectivity index (χ1n) is 10.1. The van der Waals surface area contributed by atoms with Crippen molar-refractivity contribution in [2.75, 3.05) is 11.1 Å². The SMILES string of the molecule is CCn1cc(C#Cc2cc(NC(=O)c3cccc(C)c3)ccc2C)c2c(N)ncnc21. The average molecular weight is 409 g/mol. The second-order valence-electron chi connectivity index (χ2n) is 7.39. The van der Waals surface area contributed by atoms with Crippen LogP contribution in [0.25, 0.3) is 11.0 Å². The zero-order valence-corrected chi connectivity index (χ0v) is 17.7. The lowest BCUT2D eigenvalue weighted by Crippen LogP contribution is -2.12. The molecule has 0 atom stereocenters.